The molecule has 2 N–H and O–H groups in total. The van der Waals surface area contributed by atoms with Crippen LogP contribution in [0, 0.1) is 0 Å². The third kappa shape index (κ3) is 4.46. The quantitative estimate of drug-likeness (QED) is 0.559. The van der Waals surface area contributed by atoms with Crippen LogP contribution >= 0.6 is 0 Å². The van der Waals surface area contributed by atoms with Gasteiger partial charge in [-0.1, -0.05) is 19.1 Å². The molecule has 0 aliphatic heterocycles. The molecule has 0 aliphatic carbocycles. The monoisotopic (exact) mass is 256 g/mol. The first-order valence-electron chi connectivity index (χ1n) is 5.77. The Bertz CT molecular complexity index is 426. The van der Waals surface area contributed by atoms with Crippen LogP contribution in [-0.4, -0.2) is 34.4 Å². The summed E-state index contributed by atoms with van der Waals surface area (Å²) in [5.41, 5.74) is 1.14. The summed E-state index contributed by atoms with van der Waals surface area (Å²) in [6.45, 7) is 3.31. The molecule has 1 rings (SSSR count). The van der Waals surface area contributed by atoms with Crippen LogP contribution in [0.3, 0.4) is 0 Å². The van der Waals surface area contributed by atoms with Crippen LogP contribution in [0.25, 0.3) is 0 Å². The van der Waals surface area contributed by atoms with E-state index in [0.29, 0.717) is 4.90 Å². The lowest BCUT2D eigenvalue weighted by atomic mass is 10.1. The summed E-state index contributed by atoms with van der Waals surface area (Å²) in [5, 5.41) is 6.21. The minimum absolute atomic E-state index is 0.149. The SMILES string of the molecule is CCS(=O)(=O)c1ccc(CCNCNC)cc1. The van der Waals surface area contributed by atoms with Gasteiger partial charge in [0.05, 0.1) is 10.6 Å². The van der Waals surface area contributed by atoms with Crippen molar-refractivity contribution in [3.63, 3.8) is 0 Å². The molecule has 5 heteroatoms. The van der Waals surface area contributed by atoms with Crippen molar-refractivity contribution in [3.05, 3.63) is 29.8 Å². The maximum Gasteiger partial charge on any atom is 0.178 e. The van der Waals surface area contributed by atoms with E-state index >= 15 is 0 Å². The van der Waals surface area contributed by atoms with Crippen molar-refractivity contribution in [3.8, 4) is 0 Å². The highest BCUT2D eigenvalue weighted by molar-refractivity contribution is 7.91. The second-order valence-corrected chi connectivity index (χ2v) is 6.11. The lowest BCUT2D eigenvalue weighted by Crippen LogP contribution is -2.27. The van der Waals surface area contributed by atoms with Crippen molar-refractivity contribution in [2.75, 3.05) is 26.0 Å². The summed E-state index contributed by atoms with van der Waals surface area (Å²) in [4.78, 5) is 0.409. The topological polar surface area (TPSA) is 58.2 Å². The summed E-state index contributed by atoms with van der Waals surface area (Å²) in [5.74, 6) is 0.149. The standard InChI is InChI=1S/C12H20N2O2S/c1-3-17(15,16)12-6-4-11(5-7-12)8-9-14-10-13-2/h4-7,13-14H,3,8-10H2,1-2H3. The molecule has 96 valence electrons. The van der Waals surface area contributed by atoms with E-state index < -0.39 is 9.84 Å². The molecule has 0 saturated carbocycles. The fourth-order valence-corrected chi connectivity index (χ4v) is 2.36. The van der Waals surface area contributed by atoms with Gasteiger partial charge in [0.25, 0.3) is 0 Å². The lowest BCUT2D eigenvalue weighted by molar-refractivity contribution is 0.597. The van der Waals surface area contributed by atoms with Crippen LogP contribution in [-0.2, 0) is 16.3 Å². The van der Waals surface area contributed by atoms with Gasteiger partial charge in [-0.25, -0.2) is 8.42 Å². The zero-order valence-corrected chi connectivity index (χ0v) is 11.2. The summed E-state index contributed by atoms with van der Waals surface area (Å²) in [6, 6.07) is 7.13. The van der Waals surface area contributed by atoms with Crippen LogP contribution in [0.15, 0.2) is 29.2 Å². The van der Waals surface area contributed by atoms with E-state index in [1.165, 1.54) is 0 Å². The van der Waals surface area contributed by atoms with Crippen molar-refractivity contribution in [2.24, 2.45) is 0 Å². The van der Waals surface area contributed by atoms with Crippen molar-refractivity contribution >= 4 is 9.84 Å². The zero-order chi connectivity index (χ0) is 12.7. The highest BCUT2D eigenvalue weighted by Gasteiger charge is 2.10. The maximum atomic E-state index is 11.6. The van der Waals surface area contributed by atoms with Crippen LogP contribution in [0.2, 0.25) is 0 Å². The predicted octanol–water partition coefficient (Wildman–Crippen LogP) is 0.789. The molecule has 0 atom stereocenters. The van der Waals surface area contributed by atoms with Gasteiger partial charge in [0.2, 0.25) is 0 Å². The minimum atomic E-state index is -3.07. The first-order valence-corrected chi connectivity index (χ1v) is 7.42. The van der Waals surface area contributed by atoms with Gasteiger partial charge in [0.1, 0.15) is 0 Å². The molecule has 0 amide bonds. The van der Waals surface area contributed by atoms with Crippen LogP contribution in [0.5, 0.6) is 0 Å². The Labute approximate surface area is 103 Å². The molecule has 0 bridgehead atoms. The highest BCUT2D eigenvalue weighted by Crippen LogP contribution is 2.12. The molecule has 0 spiro atoms. The molecule has 0 heterocycles. The van der Waals surface area contributed by atoms with E-state index in [2.05, 4.69) is 10.6 Å². The van der Waals surface area contributed by atoms with Gasteiger partial charge >= 0.3 is 0 Å². The van der Waals surface area contributed by atoms with E-state index in [0.717, 1.165) is 25.2 Å². The molecular weight excluding hydrogens is 236 g/mol. The van der Waals surface area contributed by atoms with Gasteiger partial charge in [0.15, 0.2) is 9.84 Å². The Morgan fingerprint density at radius 3 is 2.35 bits per heavy atom. The van der Waals surface area contributed by atoms with Gasteiger partial charge in [0, 0.05) is 13.2 Å². The van der Waals surface area contributed by atoms with Crippen molar-refractivity contribution < 1.29 is 8.42 Å². The second kappa shape index (κ2) is 6.74. The number of hydrogen-bond donors (Lipinski definition) is 2. The van der Waals surface area contributed by atoms with E-state index in [4.69, 9.17) is 0 Å². The van der Waals surface area contributed by atoms with Crippen LogP contribution in [0.1, 0.15) is 12.5 Å². The Balaban J connectivity index is 2.57. The molecule has 0 saturated heterocycles. The second-order valence-electron chi connectivity index (χ2n) is 3.83. The molecule has 0 unspecified atom stereocenters. The summed E-state index contributed by atoms with van der Waals surface area (Å²) in [6.07, 6.45) is 0.897. The number of sulfone groups is 1. The first kappa shape index (κ1) is 14.2. The lowest BCUT2D eigenvalue weighted by Gasteiger charge is -2.05. The van der Waals surface area contributed by atoms with E-state index in [-0.39, 0.29) is 5.75 Å². The Morgan fingerprint density at radius 1 is 1.18 bits per heavy atom. The molecule has 1 aromatic carbocycles. The summed E-state index contributed by atoms with van der Waals surface area (Å²) >= 11 is 0. The van der Waals surface area contributed by atoms with Crippen LogP contribution in [0.4, 0.5) is 0 Å². The number of nitrogens with one attached hydrogen (secondary N) is 2. The van der Waals surface area contributed by atoms with Gasteiger partial charge in [-0.15, -0.1) is 0 Å². The number of rotatable bonds is 7. The minimum Gasteiger partial charge on any atom is -0.308 e. The molecule has 0 aromatic heterocycles. The van der Waals surface area contributed by atoms with Crippen LogP contribution < -0.4 is 10.6 Å². The number of hydrogen-bond acceptors (Lipinski definition) is 4. The average molecular weight is 256 g/mol. The molecule has 1 aromatic rings. The van der Waals surface area contributed by atoms with Gasteiger partial charge in [-0.3, -0.25) is 0 Å². The average Bonchev–Trinajstić information content (AvgIpc) is 2.35. The molecule has 17 heavy (non-hydrogen) atoms. The maximum absolute atomic E-state index is 11.6. The van der Waals surface area contributed by atoms with Crippen molar-refractivity contribution in [2.45, 2.75) is 18.2 Å². The number of benzene rings is 1. The fraction of sp³-hybridized carbons (Fsp3) is 0.500. The normalized spacial score (nSPS) is 11.6. The Morgan fingerprint density at radius 2 is 1.82 bits per heavy atom. The predicted molar refractivity (Wildman–Crippen MR) is 69.8 cm³/mol. The Kier molecular flexibility index (Phi) is 5.61. The highest BCUT2D eigenvalue weighted by atomic mass is 32.2. The summed E-state index contributed by atoms with van der Waals surface area (Å²) in [7, 11) is -1.18. The zero-order valence-electron chi connectivity index (χ0n) is 10.4. The smallest absolute Gasteiger partial charge is 0.178 e. The molecule has 0 fully saturated rings. The van der Waals surface area contributed by atoms with Gasteiger partial charge in [-0.2, -0.15) is 0 Å². The van der Waals surface area contributed by atoms with Gasteiger partial charge < -0.3 is 10.6 Å². The van der Waals surface area contributed by atoms with Gasteiger partial charge in [-0.05, 0) is 31.2 Å². The molecule has 0 radical (unpaired) electrons. The fourth-order valence-electron chi connectivity index (χ4n) is 1.48. The molecule has 4 nitrogen and oxygen atoms in total. The molecular formula is C12H20N2O2S. The first-order chi connectivity index (χ1) is 8.10. The van der Waals surface area contributed by atoms with E-state index in [9.17, 15) is 8.42 Å². The van der Waals surface area contributed by atoms with Crippen molar-refractivity contribution in [1.29, 1.82) is 0 Å². The summed E-state index contributed by atoms with van der Waals surface area (Å²) < 4.78 is 23.2. The van der Waals surface area contributed by atoms with E-state index in [1.807, 2.05) is 19.2 Å². The third-order valence-electron chi connectivity index (χ3n) is 2.55. The third-order valence-corrected chi connectivity index (χ3v) is 4.31. The Hall–Kier alpha value is -0.910. The van der Waals surface area contributed by atoms with E-state index in [1.54, 1.807) is 19.1 Å². The largest absolute Gasteiger partial charge is 0.308 e. The van der Waals surface area contributed by atoms with Crippen molar-refractivity contribution in [1.82, 2.24) is 10.6 Å². The molecule has 0 aliphatic rings.